The molecule has 3 nitrogen and oxygen atoms in total. The van der Waals surface area contributed by atoms with E-state index in [4.69, 9.17) is 10.00 Å². The zero-order valence-electron chi connectivity index (χ0n) is 9.57. The number of rotatable bonds is 6. The molecule has 0 aliphatic heterocycles. The van der Waals surface area contributed by atoms with Gasteiger partial charge in [-0.1, -0.05) is 6.07 Å². The average Bonchev–Trinajstić information content (AvgIpc) is 2.28. The van der Waals surface area contributed by atoms with Crippen LogP contribution < -0.4 is 4.74 Å². The maximum absolute atomic E-state index is 12.0. The first-order chi connectivity index (χ1) is 8.11. The smallest absolute Gasteiger partial charge is 0.251 e. The highest BCUT2D eigenvalue weighted by molar-refractivity contribution is 5.36. The molecular weight excluding hydrogens is 226 g/mol. The Labute approximate surface area is 99.2 Å². The van der Waals surface area contributed by atoms with Crippen LogP contribution in [0, 0.1) is 11.3 Å². The summed E-state index contributed by atoms with van der Waals surface area (Å²) in [7, 11) is 1.61. The molecule has 0 aliphatic carbocycles. The van der Waals surface area contributed by atoms with Crippen LogP contribution >= 0.6 is 0 Å². The fourth-order valence-electron chi connectivity index (χ4n) is 1.30. The molecule has 0 amide bonds. The number of hydrogen-bond acceptors (Lipinski definition) is 3. The second-order valence-electron chi connectivity index (χ2n) is 3.64. The molecule has 0 heterocycles. The third-order valence-corrected chi connectivity index (χ3v) is 2.15. The lowest BCUT2D eigenvalue weighted by Gasteiger charge is -2.16. The van der Waals surface area contributed by atoms with Crippen LogP contribution in [0.15, 0.2) is 24.3 Å². The summed E-state index contributed by atoms with van der Waals surface area (Å²) in [6.45, 7) is 0.473. The van der Waals surface area contributed by atoms with Crippen LogP contribution in [0.3, 0.4) is 0 Å². The van der Waals surface area contributed by atoms with Gasteiger partial charge in [0.05, 0.1) is 18.2 Å². The molecule has 92 valence electrons. The molecule has 0 saturated heterocycles. The molecule has 17 heavy (non-hydrogen) atoms. The second-order valence-corrected chi connectivity index (χ2v) is 3.64. The van der Waals surface area contributed by atoms with E-state index >= 15 is 0 Å². The molecule has 0 fully saturated rings. The predicted octanol–water partition coefficient (Wildman–Crippen LogP) is 2.13. The van der Waals surface area contributed by atoms with E-state index in [1.54, 1.807) is 31.3 Å². The van der Waals surface area contributed by atoms with Crippen molar-refractivity contribution in [3.8, 4) is 11.8 Å². The Bertz CT molecular complexity index is 390. The number of nitriles is 1. The van der Waals surface area contributed by atoms with E-state index < -0.39 is 6.43 Å². The van der Waals surface area contributed by atoms with Gasteiger partial charge >= 0.3 is 0 Å². The van der Waals surface area contributed by atoms with Crippen molar-refractivity contribution in [1.29, 1.82) is 5.26 Å². The Balaban J connectivity index is 2.33. The number of likely N-dealkylation sites (N-methyl/N-ethyl adjacent to an activating group) is 1. The van der Waals surface area contributed by atoms with Crippen molar-refractivity contribution in [1.82, 2.24) is 4.90 Å². The summed E-state index contributed by atoms with van der Waals surface area (Å²) in [5.41, 5.74) is 0.517. The van der Waals surface area contributed by atoms with Gasteiger partial charge in [0, 0.05) is 6.54 Å². The predicted molar refractivity (Wildman–Crippen MR) is 60.2 cm³/mol. The Morgan fingerprint density at radius 2 is 2.24 bits per heavy atom. The maximum atomic E-state index is 12.0. The normalized spacial score (nSPS) is 10.6. The Morgan fingerprint density at radius 1 is 1.47 bits per heavy atom. The summed E-state index contributed by atoms with van der Waals surface area (Å²) < 4.78 is 29.4. The van der Waals surface area contributed by atoms with Crippen molar-refractivity contribution in [3.63, 3.8) is 0 Å². The number of ether oxygens (including phenoxy) is 1. The van der Waals surface area contributed by atoms with Gasteiger partial charge in [0.15, 0.2) is 0 Å². The van der Waals surface area contributed by atoms with E-state index in [9.17, 15) is 8.78 Å². The van der Waals surface area contributed by atoms with E-state index in [1.165, 1.54) is 4.90 Å². The third-order valence-electron chi connectivity index (χ3n) is 2.15. The van der Waals surface area contributed by atoms with Crippen molar-refractivity contribution in [3.05, 3.63) is 29.8 Å². The van der Waals surface area contributed by atoms with E-state index in [-0.39, 0.29) is 6.54 Å². The van der Waals surface area contributed by atoms with Gasteiger partial charge in [-0.3, -0.25) is 4.90 Å². The first-order valence-corrected chi connectivity index (χ1v) is 5.21. The summed E-state index contributed by atoms with van der Waals surface area (Å²) >= 11 is 0. The second kappa shape index (κ2) is 6.81. The van der Waals surface area contributed by atoms with Crippen LogP contribution in [0.5, 0.6) is 5.75 Å². The van der Waals surface area contributed by atoms with Gasteiger partial charge < -0.3 is 4.74 Å². The lowest BCUT2D eigenvalue weighted by molar-refractivity contribution is 0.0935. The van der Waals surface area contributed by atoms with Crippen molar-refractivity contribution >= 4 is 0 Å². The highest BCUT2D eigenvalue weighted by Gasteiger charge is 2.07. The van der Waals surface area contributed by atoms with Gasteiger partial charge in [0.2, 0.25) is 0 Å². The number of nitrogens with zero attached hydrogens (tertiary/aromatic N) is 2. The van der Waals surface area contributed by atoms with Crippen LogP contribution in [0.4, 0.5) is 8.78 Å². The molecule has 0 unspecified atom stereocenters. The van der Waals surface area contributed by atoms with E-state index in [0.717, 1.165) is 0 Å². The van der Waals surface area contributed by atoms with Gasteiger partial charge in [-0.25, -0.2) is 8.78 Å². The van der Waals surface area contributed by atoms with Gasteiger partial charge in [-0.15, -0.1) is 0 Å². The molecule has 1 aromatic carbocycles. The molecule has 0 aromatic heterocycles. The highest BCUT2D eigenvalue weighted by Crippen LogP contribution is 2.12. The molecule has 0 aliphatic rings. The molecule has 1 rings (SSSR count). The maximum Gasteiger partial charge on any atom is 0.251 e. The van der Waals surface area contributed by atoms with Crippen LogP contribution in [-0.2, 0) is 0 Å². The fraction of sp³-hybridized carbons (Fsp3) is 0.417. The van der Waals surface area contributed by atoms with Crippen molar-refractivity contribution < 1.29 is 13.5 Å². The standard InChI is InChI=1S/C12H14F2N2O/c1-16(9-12(13)14)5-6-17-11-4-2-3-10(7-11)8-15/h2-4,7,12H,5-6,9H2,1H3. The minimum Gasteiger partial charge on any atom is -0.492 e. The van der Waals surface area contributed by atoms with Crippen LogP contribution in [0.2, 0.25) is 0 Å². The topological polar surface area (TPSA) is 36.3 Å². The zero-order chi connectivity index (χ0) is 12.7. The average molecular weight is 240 g/mol. The van der Waals surface area contributed by atoms with Crippen LogP contribution in [-0.4, -0.2) is 38.1 Å². The molecule has 0 bridgehead atoms. The molecule has 1 aromatic rings. The summed E-state index contributed by atoms with van der Waals surface area (Å²) in [6, 6.07) is 8.75. The number of benzene rings is 1. The first kappa shape index (κ1) is 13.4. The largest absolute Gasteiger partial charge is 0.492 e. The van der Waals surface area contributed by atoms with Crippen molar-refractivity contribution in [2.75, 3.05) is 26.7 Å². The molecule has 5 heteroatoms. The van der Waals surface area contributed by atoms with Gasteiger partial charge in [-0.2, -0.15) is 5.26 Å². The Kier molecular flexibility index (Phi) is 5.37. The Morgan fingerprint density at radius 3 is 2.88 bits per heavy atom. The van der Waals surface area contributed by atoms with E-state index in [2.05, 4.69) is 0 Å². The Hall–Kier alpha value is -1.67. The SMILES string of the molecule is CN(CCOc1cccc(C#N)c1)CC(F)F. The summed E-state index contributed by atoms with van der Waals surface area (Å²) in [5.74, 6) is 0.578. The fourth-order valence-corrected chi connectivity index (χ4v) is 1.30. The van der Waals surface area contributed by atoms with Crippen LogP contribution in [0.1, 0.15) is 5.56 Å². The summed E-state index contributed by atoms with van der Waals surface area (Å²) in [5, 5.41) is 8.68. The molecule has 0 atom stereocenters. The first-order valence-electron chi connectivity index (χ1n) is 5.21. The van der Waals surface area contributed by atoms with Gasteiger partial charge in [0.25, 0.3) is 6.43 Å². The molecular formula is C12H14F2N2O. The van der Waals surface area contributed by atoms with Crippen molar-refractivity contribution in [2.24, 2.45) is 0 Å². The summed E-state index contributed by atoms with van der Waals surface area (Å²) in [6.07, 6.45) is -2.33. The lowest BCUT2D eigenvalue weighted by atomic mass is 10.2. The van der Waals surface area contributed by atoms with Gasteiger partial charge in [-0.05, 0) is 25.2 Å². The molecule has 0 N–H and O–H groups in total. The van der Waals surface area contributed by atoms with Crippen molar-refractivity contribution in [2.45, 2.75) is 6.43 Å². The third kappa shape index (κ3) is 5.27. The molecule has 0 spiro atoms. The lowest BCUT2D eigenvalue weighted by Crippen LogP contribution is -2.28. The number of hydrogen-bond donors (Lipinski definition) is 0. The number of alkyl halides is 2. The molecule has 0 radical (unpaired) electrons. The van der Waals surface area contributed by atoms with E-state index in [1.807, 2.05) is 6.07 Å². The minimum absolute atomic E-state index is 0.262. The molecule has 0 saturated carbocycles. The van der Waals surface area contributed by atoms with Crippen LogP contribution in [0.25, 0.3) is 0 Å². The minimum atomic E-state index is -2.33. The monoisotopic (exact) mass is 240 g/mol. The summed E-state index contributed by atoms with van der Waals surface area (Å²) in [4.78, 5) is 1.50. The van der Waals surface area contributed by atoms with E-state index in [0.29, 0.717) is 24.5 Å². The van der Waals surface area contributed by atoms with Gasteiger partial charge in [0.1, 0.15) is 12.4 Å². The quantitative estimate of drug-likeness (QED) is 0.764. The highest BCUT2D eigenvalue weighted by atomic mass is 19.3. The zero-order valence-corrected chi connectivity index (χ0v) is 9.57. The number of halogens is 2.